The smallest absolute Gasteiger partial charge is 0.238 e. The number of benzene rings is 1. The van der Waals surface area contributed by atoms with E-state index in [1.54, 1.807) is 22.7 Å². The first-order valence-electron chi connectivity index (χ1n) is 6.95. The Balaban J connectivity index is 1.72. The predicted molar refractivity (Wildman–Crippen MR) is 95.1 cm³/mol. The largest absolute Gasteiger partial charge is 0.435 e. The molecule has 0 atom stereocenters. The van der Waals surface area contributed by atoms with Crippen molar-refractivity contribution in [1.82, 2.24) is 4.98 Å². The second-order valence-electron chi connectivity index (χ2n) is 4.84. The van der Waals surface area contributed by atoms with E-state index < -0.39 is 0 Å². The number of hydrogen-bond donors (Lipinski definition) is 0. The number of hydrogen-bond acceptors (Lipinski definition) is 5. The van der Waals surface area contributed by atoms with Crippen LogP contribution in [0.4, 0.5) is 0 Å². The summed E-state index contributed by atoms with van der Waals surface area (Å²) in [6.07, 6.45) is 1.83. The summed E-state index contributed by atoms with van der Waals surface area (Å²) in [7, 11) is 0. The van der Waals surface area contributed by atoms with Crippen molar-refractivity contribution in [2.45, 2.75) is 0 Å². The average molecular weight is 334 g/mol. The number of fused-ring (bicyclic) bond motifs is 1. The molecule has 4 aromatic rings. The van der Waals surface area contributed by atoms with Gasteiger partial charge in [-0.25, -0.2) is 4.98 Å². The SMILES string of the molecule is N#CC(=Cc1ccc(-c2cccs2)s1)c1nc2ccccc2o1. The minimum atomic E-state index is 0.361. The van der Waals surface area contributed by atoms with Gasteiger partial charge in [-0.15, -0.1) is 22.7 Å². The average Bonchev–Trinajstić information content (AvgIpc) is 3.30. The maximum atomic E-state index is 9.45. The van der Waals surface area contributed by atoms with Crippen LogP contribution >= 0.6 is 22.7 Å². The van der Waals surface area contributed by atoms with Crippen LogP contribution in [0.2, 0.25) is 0 Å². The number of para-hydroxylation sites is 2. The molecule has 3 heterocycles. The molecular weight excluding hydrogens is 324 g/mol. The molecule has 23 heavy (non-hydrogen) atoms. The van der Waals surface area contributed by atoms with Gasteiger partial charge in [0.2, 0.25) is 5.89 Å². The van der Waals surface area contributed by atoms with E-state index in [1.165, 1.54) is 9.75 Å². The monoisotopic (exact) mass is 334 g/mol. The Bertz CT molecular complexity index is 1000. The van der Waals surface area contributed by atoms with Gasteiger partial charge in [0.05, 0.1) is 0 Å². The van der Waals surface area contributed by atoms with E-state index >= 15 is 0 Å². The van der Waals surface area contributed by atoms with Crippen molar-refractivity contribution in [3.63, 3.8) is 0 Å². The minimum absolute atomic E-state index is 0.361. The number of nitrogens with zero attached hydrogens (tertiary/aromatic N) is 2. The first kappa shape index (κ1) is 13.9. The Morgan fingerprint density at radius 3 is 2.78 bits per heavy atom. The summed E-state index contributed by atoms with van der Waals surface area (Å²) in [5.41, 5.74) is 1.88. The molecule has 0 saturated heterocycles. The molecular formula is C18H10N2OS2. The van der Waals surface area contributed by atoms with Gasteiger partial charge in [-0.05, 0) is 41.8 Å². The van der Waals surface area contributed by atoms with Crippen LogP contribution in [0.3, 0.4) is 0 Å². The number of allylic oxidation sites excluding steroid dienone is 1. The van der Waals surface area contributed by atoms with Crippen molar-refractivity contribution in [3.8, 4) is 15.8 Å². The van der Waals surface area contributed by atoms with E-state index in [9.17, 15) is 5.26 Å². The van der Waals surface area contributed by atoms with Crippen molar-refractivity contribution in [2.75, 3.05) is 0 Å². The van der Waals surface area contributed by atoms with Gasteiger partial charge in [-0.2, -0.15) is 5.26 Å². The second kappa shape index (κ2) is 5.84. The molecule has 0 aliphatic heterocycles. The lowest BCUT2D eigenvalue weighted by molar-refractivity contribution is 0.586. The van der Waals surface area contributed by atoms with E-state index in [0.717, 1.165) is 10.4 Å². The molecule has 0 fully saturated rings. The zero-order valence-electron chi connectivity index (χ0n) is 11.9. The first-order valence-corrected chi connectivity index (χ1v) is 8.64. The number of rotatable bonds is 3. The Hall–Kier alpha value is -2.68. The zero-order chi connectivity index (χ0) is 15.6. The van der Waals surface area contributed by atoms with Crippen LogP contribution in [0, 0.1) is 11.3 Å². The quantitative estimate of drug-likeness (QED) is 0.453. The first-order chi connectivity index (χ1) is 11.3. The van der Waals surface area contributed by atoms with Gasteiger partial charge >= 0.3 is 0 Å². The van der Waals surface area contributed by atoms with Gasteiger partial charge in [0.25, 0.3) is 0 Å². The summed E-state index contributed by atoms with van der Waals surface area (Å²) in [4.78, 5) is 7.82. The number of thiophene rings is 2. The number of nitriles is 1. The van der Waals surface area contributed by atoms with E-state index in [1.807, 2.05) is 42.5 Å². The van der Waals surface area contributed by atoms with Gasteiger partial charge in [0.1, 0.15) is 17.2 Å². The molecule has 0 spiro atoms. The molecule has 0 radical (unpaired) electrons. The summed E-state index contributed by atoms with van der Waals surface area (Å²) in [6.45, 7) is 0. The van der Waals surface area contributed by atoms with Crippen LogP contribution in [0.5, 0.6) is 0 Å². The van der Waals surface area contributed by atoms with E-state index in [-0.39, 0.29) is 0 Å². The summed E-state index contributed by atoms with van der Waals surface area (Å²) in [5.74, 6) is 0.361. The van der Waals surface area contributed by atoms with Crippen molar-refractivity contribution in [2.24, 2.45) is 0 Å². The van der Waals surface area contributed by atoms with Gasteiger partial charge in [0, 0.05) is 14.6 Å². The van der Waals surface area contributed by atoms with Crippen LogP contribution in [0.1, 0.15) is 10.8 Å². The number of aromatic nitrogens is 1. The third kappa shape index (κ3) is 2.70. The molecule has 110 valence electrons. The highest BCUT2D eigenvalue weighted by molar-refractivity contribution is 7.21. The van der Waals surface area contributed by atoms with Gasteiger partial charge in [-0.1, -0.05) is 18.2 Å². The standard InChI is InChI=1S/C18H10N2OS2/c19-11-12(18-20-14-4-1-2-5-15(14)21-18)10-13-7-8-17(23-13)16-6-3-9-22-16/h1-10H. The van der Waals surface area contributed by atoms with Crippen molar-refractivity contribution in [3.05, 3.63) is 64.7 Å². The molecule has 0 bridgehead atoms. The Labute approximate surface area is 140 Å². The molecule has 1 aromatic carbocycles. The van der Waals surface area contributed by atoms with E-state index in [2.05, 4.69) is 28.6 Å². The molecule has 4 rings (SSSR count). The molecule has 3 nitrogen and oxygen atoms in total. The Morgan fingerprint density at radius 1 is 1.09 bits per heavy atom. The van der Waals surface area contributed by atoms with Crippen LogP contribution in [-0.4, -0.2) is 4.98 Å². The lowest BCUT2D eigenvalue weighted by Gasteiger charge is -1.91. The van der Waals surface area contributed by atoms with Crippen LogP contribution in [0.15, 0.2) is 58.3 Å². The topological polar surface area (TPSA) is 49.8 Å². The molecule has 5 heteroatoms. The highest BCUT2D eigenvalue weighted by atomic mass is 32.1. The zero-order valence-corrected chi connectivity index (χ0v) is 13.5. The van der Waals surface area contributed by atoms with Gasteiger partial charge in [0.15, 0.2) is 5.58 Å². The molecule has 0 amide bonds. The Kier molecular flexibility index (Phi) is 3.54. The maximum absolute atomic E-state index is 9.45. The predicted octanol–water partition coefficient (Wildman–Crippen LogP) is 5.68. The normalized spacial score (nSPS) is 11.7. The lowest BCUT2D eigenvalue weighted by atomic mass is 10.2. The fourth-order valence-corrected chi connectivity index (χ4v) is 4.04. The maximum Gasteiger partial charge on any atom is 0.238 e. The third-order valence-electron chi connectivity index (χ3n) is 3.32. The third-order valence-corrected chi connectivity index (χ3v) is 5.42. The van der Waals surface area contributed by atoms with Crippen LogP contribution in [-0.2, 0) is 0 Å². The summed E-state index contributed by atoms with van der Waals surface area (Å²) < 4.78 is 5.68. The fraction of sp³-hybridized carbons (Fsp3) is 0. The van der Waals surface area contributed by atoms with E-state index in [0.29, 0.717) is 17.0 Å². The van der Waals surface area contributed by atoms with Crippen molar-refractivity contribution >= 4 is 45.4 Å². The van der Waals surface area contributed by atoms with Gasteiger partial charge in [-0.3, -0.25) is 0 Å². The molecule has 3 aromatic heterocycles. The molecule has 0 aliphatic carbocycles. The molecule has 0 aliphatic rings. The lowest BCUT2D eigenvalue weighted by Crippen LogP contribution is -1.79. The molecule has 0 N–H and O–H groups in total. The van der Waals surface area contributed by atoms with Crippen LogP contribution in [0.25, 0.3) is 32.5 Å². The van der Waals surface area contributed by atoms with Crippen LogP contribution < -0.4 is 0 Å². The highest BCUT2D eigenvalue weighted by Gasteiger charge is 2.11. The van der Waals surface area contributed by atoms with E-state index in [4.69, 9.17) is 4.42 Å². The fourth-order valence-electron chi connectivity index (χ4n) is 2.25. The minimum Gasteiger partial charge on any atom is -0.435 e. The van der Waals surface area contributed by atoms with Crippen molar-refractivity contribution in [1.29, 1.82) is 5.26 Å². The Morgan fingerprint density at radius 2 is 2.00 bits per heavy atom. The van der Waals surface area contributed by atoms with Crippen molar-refractivity contribution < 1.29 is 4.42 Å². The molecule has 0 saturated carbocycles. The number of oxazole rings is 1. The summed E-state index contributed by atoms with van der Waals surface area (Å²) in [5, 5.41) is 11.5. The van der Waals surface area contributed by atoms with Gasteiger partial charge < -0.3 is 4.42 Å². The molecule has 0 unspecified atom stereocenters. The highest BCUT2D eigenvalue weighted by Crippen LogP contribution is 2.33. The summed E-state index contributed by atoms with van der Waals surface area (Å²) in [6, 6.07) is 17.9. The second-order valence-corrected chi connectivity index (χ2v) is 6.90. The summed E-state index contributed by atoms with van der Waals surface area (Å²) >= 11 is 3.36.